The predicted octanol–water partition coefficient (Wildman–Crippen LogP) is 1.19. The van der Waals surface area contributed by atoms with Gasteiger partial charge in [-0.25, -0.2) is 4.98 Å². The smallest absolute Gasteiger partial charge is 0.313 e. The van der Waals surface area contributed by atoms with Crippen LogP contribution >= 0.6 is 0 Å². The summed E-state index contributed by atoms with van der Waals surface area (Å²) in [6.07, 6.45) is 6.61. The second-order valence-electron chi connectivity index (χ2n) is 4.93. The van der Waals surface area contributed by atoms with Gasteiger partial charge >= 0.3 is 11.8 Å². The van der Waals surface area contributed by atoms with Gasteiger partial charge in [-0.15, -0.1) is 0 Å². The molecule has 7 heteroatoms. The van der Waals surface area contributed by atoms with Gasteiger partial charge in [-0.05, 0) is 12.1 Å². The van der Waals surface area contributed by atoms with Gasteiger partial charge in [-0.1, -0.05) is 18.2 Å². The Balaban J connectivity index is 1.55. The van der Waals surface area contributed by atoms with E-state index in [-0.39, 0.29) is 0 Å². The number of fused-ring (bicyclic) bond motifs is 1. The first-order valence-corrected chi connectivity index (χ1v) is 7.12. The Morgan fingerprint density at radius 3 is 2.87 bits per heavy atom. The number of para-hydroxylation sites is 1. The average molecular weight is 309 g/mol. The van der Waals surface area contributed by atoms with Crippen molar-refractivity contribution in [2.75, 3.05) is 11.9 Å². The number of amides is 2. The zero-order chi connectivity index (χ0) is 16.1. The second-order valence-corrected chi connectivity index (χ2v) is 4.93. The monoisotopic (exact) mass is 309 g/mol. The van der Waals surface area contributed by atoms with E-state index < -0.39 is 11.8 Å². The zero-order valence-corrected chi connectivity index (χ0v) is 12.3. The van der Waals surface area contributed by atoms with Crippen LogP contribution in [0, 0.1) is 0 Å². The molecule has 0 bridgehead atoms. The number of imidazole rings is 1. The summed E-state index contributed by atoms with van der Waals surface area (Å²) in [6, 6.07) is 9.33. The number of nitrogens with one attached hydrogen (secondary N) is 2. The van der Waals surface area contributed by atoms with E-state index in [1.807, 2.05) is 28.8 Å². The van der Waals surface area contributed by atoms with E-state index in [0.717, 1.165) is 10.9 Å². The fraction of sp³-hybridized carbons (Fsp3) is 0.125. The highest BCUT2D eigenvalue weighted by Crippen LogP contribution is 2.15. The van der Waals surface area contributed by atoms with Crippen molar-refractivity contribution in [1.29, 1.82) is 0 Å². The van der Waals surface area contributed by atoms with Gasteiger partial charge in [0.15, 0.2) is 0 Å². The highest BCUT2D eigenvalue weighted by molar-refractivity contribution is 6.39. The third kappa shape index (κ3) is 3.70. The lowest BCUT2D eigenvalue weighted by atomic mass is 10.2. The minimum absolute atomic E-state index is 0.346. The minimum Gasteiger partial charge on any atom is -0.346 e. The molecule has 0 unspecified atom stereocenters. The highest BCUT2D eigenvalue weighted by atomic mass is 16.2. The summed E-state index contributed by atoms with van der Waals surface area (Å²) in [5.41, 5.74) is 1.31. The summed E-state index contributed by atoms with van der Waals surface area (Å²) in [7, 11) is 0. The van der Waals surface area contributed by atoms with E-state index in [2.05, 4.69) is 20.6 Å². The molecule has 0 aliphatic rings. The SMILES string of the molecule is O=C(NCCn1ccnc1)C(=O)Nc1cnc2ccccc2c1. The molecule has 0 fully saturated rings. The first-order valence-electron chi connectivity index (χ1n) is 7.12. The molecule has 7 nitrogen and oxygen atoms in total. The van der Waals surface area contributed by atoms with Crippen LogP contribution in [0.25, 0.3) is 10.9 Å². The second kappa shape index (κ2) is 6.69. The number of anilines is 1. The topological polar surface area (TPSA) is 88.9 Å². The first-order chi connectivity index (χ1) is 11.2. The van der Waals surface area contributed by atoms with Crippen LogP contribution < -0.4 is 10.6 Å². The Morgan fingerprint density at radius 1 is 1.17 bits per heavy atom. The molecule has 116 valence electrons. The van der Waals surface area contributed by atoms with Crippen LogP contribution in [0.1, 0.15) is 0 Å². The van der Waals surface area contributed by atoms with Gasteiger partial charge in [0.25, 0.3) is 0 Å². The Hall–Kier alpha value is -3.22. The molecule has 1 aromatic carbocycles. The van der Waals surface area contributed by atoms with E-state index in [1.54, 1.807) is 24.8 Å². The fourth-order valence-corrected chi connectivity index (χ4v) is 2.13. The minimum atomic E-state index is -0.715. The largest absolute Gasteiger partial charge is 0.346 e. The Kier molecular flexibility index (Phi) is 4.28. The Morgan fingerprint density at radius 2 is 2.04 bits per heavy atom. The number of aromatic nitrogens is 3. The number of hydrogen-bond donors (Lipinski definition) is 2. The lowest BCUT2D eigenvalue weighted by molar-refractivity contribution is -0.136. The van der Waals surface area contributed by atoms with Gasteiger partial charge in [-0.3, -0.25) is 14.6 Å². The molecule has 2 N–H and O–H groups in total. The number of nitrogens with zero attached hydrogens (tertiary/aromatic N) is 3. The quantitative estimate of drug-likeness (QED) is 0.708. The number of carbonyl (C=O) groups excluding carboxylic acids is 2. The van der Waals surface area contributed by atoms with Crippen LogP contribution in [0.4, 0.5) is 5.69 Å². The maximum atomic E-state index is 11.9. The van der Waals surface area contributed by atoms with E-state index >= 15 is 0 Å². The van der Waals surface area contributed by atoms with E-state index in [4.69, 9.17) is 0 Å². The van der Waals surface area contributed by atoms with E-state index in [0.29, 0.717) is 18.8 Å². The lowest BCUT2D eigenvalue weighted by Gasteiger charge is -2.07. The number of carbonyl (C=O) groups is 2. The summed E-state index contributed by atoms with van der Waals surface area (Å²) in [5, 5.41) is 6.00. The third-order valence-corrected chi connectivity index (χ3v) is 3.27. The van der Waals surface area contributed by atoms with Gasteiger partial charge in [0.1, 0.15) is 0 Å². The van der Waals surface area contributed by atoms with E-state index in [9.17, 15) is 9.59 Å². The van der Waals surface area contributed by atoms with Gasteiger partial charge in [0.05, 0.1) is 23.7 Å². The molecule has 0 saturated carbocycles. The van der Waals surface area contributed by atoms with Crippen molar-refractivity contribution < 1.29 is 9.59 Å². The molecule has 3 rings (SSSR count). The number of benzene rings is 1. The molecule has 0 spiro atoms. The molecule has 2 aromatic heterocycles. The summed E-state index contributed by atoms with van der Waals surface area (Å²) >= 11 is 0. The molecule has 23 heavy (non-hydrogen) atoms. The number of hydrogen-bond acceptors (Lipinski definition) is 4. The normalized spacial score (nSPS) is 10.4. The molecule has 0 radical (unpaired) electrons. The molecule has 2 amide bonds. The van der Waals surface area contributed by atoms with Crippen molar-refractivity contribution >= 4 is 28.4 Å². The van der Waals surface area contributed by atoms with Crippen molar-refractivity contribution in [3.63, 3.8) is 0 Å². The predicted molar refractivity (Wildman–Crippen MR) is 85.6 cm³/mol. The van der Waals surface area contributed by atoms with Crippen LogP contribution in [0.3, 0.4) is 0 Å². The van der Waals surface area contributed by atoms with Gasteiger partial charge in [0, 0.05) is 30.9 Å². The van der Waals surface area contributed by atoms with Gasteiger partial charge in [-0.2, -0.15) is 0 Å². The maximum absolute atomic E-state index is 11.9. The van der Waals surface area contributed by atoms with Crippen molar-refractivity contribution in [2.45, 2.75) is 6.54 Å². The number of pyridine rings is 1. The molecule has 2 heterocycles. The van der Waals surface area contributed by atoms with Gasteiger partial charge < -0.3 is 15.2 Å². The fourth-order valence-electron chi connectivity index (χ4n) is 2.13. The van der Waals surface area contributed by atoms with Crippen molar-refractivity contribution in [3.05, 3.63) is 55.2 Å². The molecule has 0 atom stereocenters. The molecule has 0 aliphatic heterocycles. The van der Waals surface area contributed by atoms with Gasteiger partial charge in [0.2, 0.25) is 0 Å². The Labute approximate surface area is 132 Å². The van der Waals surface area contributed by atoms with Crippen molar-refractivity contribution in [1.82, 2.24) is 19.9 Å². The summed E-state index contributed by atoms with van der Waals surface area (Å²) in [4.78, 5) is 31.8. The Bertz CT molecular complexity index is 829. The maximum Gasteiger partial charge on any atom is 0.313 e. The average Bonchev–Trinajstić information content (AvgIpc) is 3.08. The van der Waals surface area contributed by atoms with Crippen molar-refractivity contribution in [2.24, 2.45) is 0 Å². The molecule has 0 saturated heterocycles. The lowest BCUT2D eigenvalue weighted by Crippen LogP contribution is -2.37. The standard InChI is InChI=1S/C16H15N5O2/c22-15(18-6-8-21-7-5-17-11-21)16(23)20-13-9-12-3-1-2-4-14(12)19-10-13/h1-5,7,9-11H,6,8H2,(H,18,22)(H,20,23). The highest BCUT2D eigenvalue weighted by Gasteiger charge is 2.13. The van der Waals surface area contributed by atoms with Crippen LogP contribution in [-0.4, -0.2) is 32.9 Å². The van der Waals surface area contributed by atoms with Crippen LogP contribution in [0.15, 0.2) is 55.2 Å². The summed E-state index contributed by atoms with van der Waals surface area (Å²) in [5.74, 6) is -1.40. The van der Waals surface area contributed by atoms with Crippen LogP contribution in [0.5, 0.6) is 0 Å². The summed E-state index contributed by atoms with van der Waals surface area (Å²) < 4.78 is 1.81. The van der Waals surface area contributed by atoms with E-state index in [1.165, 1.54) is 6.20 Å². The summed E-state index contributed by atoms with van der Waals surface area (Å²) in [6.45, 7) is 0.898. The molecular formula is C16H15N5O2. The zero-order valence-electron chi connectivity index (χ0n) is 12.3. The first kappa shape index (κ1) is 14.7. The molecule has 3 aromatic rings. The molecule has 0 aliphatic carbocycles. The number of rotatable bonds is 4. The third-order valence-electron chi connectivity index (χ3n) is 3.27. The van der Waals surface area contributed by atoms with Crippen LogP contribution in [0.2, 0.25) is 0 Å². The van der Waals surface area contributed by atoms with Crippen LogP contribution in [-0.2, 0) is 16.1 Å². The molecular weight excluding hydrogens is 294 g/mol. The van der Waals surface area contributed by atoms with Crippen molar-refractivity contribution in [3.8, 4) is 0 Å².